The molecule has 0 radical (unpaired) electrons. The number of halogens is 1. The Morgan fingerprint density at radius 3 is 2.00 bits per heavy atom. The highest BCUT2D eigenvalue weighted by atomic mass is 35.5. The summed E-state index contributed by atoms with van der Waals surface area (Å²) < 4.78 is 0. The van der Waals surface area contributed by atoms with E-state index in [0.29, 0.717) is 11.0 Å². The van der Waals surface area contributed by atoms with Gasteiger partial charge in [0, 0.05) is 19.7 Å². The Balaban J connectivity index is 0.00000196. The maximum atomic E-state index is 11.4. The molecule has 0 aliphatic heterocycles. The molecule has 0 unspecified atom stereocenters. The molecule has 2 N–H and O–H groups in total. The Bertz CT molecular complexity index is 327. The summed E-state index contributed by atoms with van der Waals surface area (Å²) >= 11 is 0. The summed E-state index contributed by atoms with van der Waals surface area (Å²) in [5.41, 5.74) is 0.903. The monoisotopic (exact) mass is 229 g/mol. The number of rotatable bonds is 2. The normalized spacial score (nSPS) is 9.07. The second-order valence-corrected chi connectivity index (χ2v) is 3.20. The predicted molar refractivity (Wildman–Crippen MR) is 61.5 cm³/mol. The molecule has 15 heavy (non-hydrogen) atoms. The van der Waals surface area contributed by atoms with Gasteiger partial charge >= 0.3 is 7.12 Å². The van der Waals surface area contributed by atoms with Gasteiger partial charge in [-0.05, 0) is 17.6 Å². The number of benzene rings is 1. The molecule has 0 saturated carbocycles. The first-order chi connectivity index (χ1) is 6.52. The van der Waals surface area contributed by atoms with Gasteiger partial charge in [0.1, 0.15) is 0 Å². The van der Waals surface area contributed by atoms with Gasteiger partial charge in [-0.1, -0.05) is 12.1 Å². The molecule has 6 heteroatoms. The lowest BCUT2D eigenvalue weighted by atomic mass is 9.80. The molecule has 4 nitrogen and oxygen atoms in total. The van der Waals surface area contributed by atoms with Gasteiger partial charge < -0.3 is 14.9 Å². The Morgan fingerprint density at radius 2 is 1.67 bits per heavy atom. The van der Waals surface area contributed by atoms with Crippen LogP contribution in [-0.2, 0) is 0 Å². The summed E-state index contributed by atoms with van der Waals surface area (Å²) in [6.45, 7) is 0. The van der Waals surface area contributed by atoms with E-state index >= 15 is 0 Å². The third-order valence-electron chi connectivity index (χ3n) is 1.86. The molecule has 1 rings (SSSR count). The van der Waals surface area contributed by atoms with Crippen molar-refractivity contribution in [2.45, 2.75) is 0 Å². The third kappa shape index (κ3) is 3.55. The van der Waals surface area contributed by atoms with Crippen molar-refractivity contribution in [1.82, 2.24) is 4.90 Å². The van der Waals surface area contributed by atoms with Crippen LogP contribution in [0.25, 0.3) is 0 Å². The van der Waals surface area contributed by atoms with Crippen molar-refractivity contribution < 1.29 is 14.8 Å². The van der Waals surface area contributed by atoms with Gasteiger partial charge in [0.15, 0.2) is 0 Å². The number of carbonyl (C=O) groups is 1. The van der Waals surface area contributed by atoms with E-state index in [-0.39, 0.29) is 18.3 Å². The first-order valence-electron chi connectivity index (χ1n) is 4.20. The van der Waals surface area contributed by atoms with Crippen molar-refractivity contribution in [3.63, 3.8) is 0 Å². The Kier molecular flexibility index (Phi) is 5.35. The molecular formula is C9H13BClNO3. The fourth-order valence-corrected chi connectivity index (χ4v) is 1.06. The van der Waals surface area contributed by atoms with E-state index in [4.69, 9.17) is 10.0 Å². The highest BCUT2D eigenvalue weighted by molar-refractivity contribution is 6.58. The summed E-state index contributed by atoms with van der Waals surface area (Å²) in [4.78, 5) is 12.9. The maximum Gasteiger partial charge on any atom is 0.488 e. The second kappa shape index (κ2) is 5.75. The zero-order chi connectivity index (χ0) is 10.7. The van der Waals surface area contributed by atoms with Crippen LogP contribution >= 0.6 is 12.4 Å². The van der Waals surface area contributed by atoms with Crippen LogP contribution in [0.15, 0.2) is 24.3 Å². The van der Waals surface area contributed by atoms with E-state index in [2.05, 4.69) is 0 Å². The number of amides is 1. The number of hydrogen-bond acceptors (Lipinski definition) is 3. The lowest BCUT2D eigenvalue weighted by Gasteiger charge is -2.10. The van der Waals surface area contributed by atoms with Crippen LogP contribution < -0.4 is 5.46 Å². The van der Waals surface area contributed by atoms with Crippen LogP contribution in [0.4, 0.5) is 0 Å². The smallest absolute Gasteiger partial charge is 0.423 e. The average Bonchev–Trinajstić information content (AvgIpc) is 2.16. The first kappa shape index (κ1) is 14.0. The molecule has 0 atom stereocenters. The zero-order valence-corrected chi connectivity index (χ0v) is 9.36. The van der Waals surface area contributed by atoms with Gasteiger partial charge in [-0.15, -0.1) is 12.4 Å². The molecule has 1 amide bonds. The number of carbonyl (C=O) groups excluding carboxylic acids is 1. The highest BCUT2D eigenvalue weighted by Gasteiger charge is 2.12. The molecule has 1 aromatic carbocycles. The largest absolute Gasteiger partial charge is 0.488 e. The van der Waals surface area contributed by atoms with Gasteiger partial charge in [-0.3, -0.25) is 4.79 Å². The molecule has 0 aliphatic carbocycles. The van der Waals surface area contributed by atoms with Crippen LogP contribution in [0.1, 0.15) is 10.4 Å². The zero-order valence-electron chi connectivity index (χ0n) is 8.54. The van der Waals surface area contributed by atoms with Crippen molar-refractivity contribution in [3.05, 3.63) is 29.8 Å². The molecule has 0 saturated heterocycles. The predicted octanol–water partition coefficient (Wildman–Crippen LogP) is -0.510. The molecule has 0 bridgehead atoms. The van der Waals surface area contributed by atoms with Gasteiger partial charge in [-0.2, -0.15) is 0 Å². The van der Waals surface area contributed by atoms with Crippen molar-refractivity contribution >= 4 is 30.9 Å². The maximum absolute atomic E-state index is 11.4. The lowest BCUT2D eigenvalue weighted by molar-refractivity contribution is 0.0827. The molecule has 82 valence electrons. The third-order valence-corrected chi connectivity index (χ3v) is 1.86. The number of hydrogen-bond donors (Lipinski definition) is 2. The number of nitrogens with zero attached hydrogens (tertiary/aromatic N) is 1. The minimum atomic E-state index is -1.49. The molecule has 0 heterocycles. The van der Waals surface area contributed by atoms with Gasteiger partial charge in [0.05, 0.1) is 0 Å². The Morgan fingerprint density at radius 1 is 1.20 bits per heavy atom. The van der Waals surface area contributed by atoms with Crippen LogP contribution in [-0.4, -0.2) is 42.1 Å². The standard InChI is InChI=1S/C9H12BNO3.ClH/c1-11(2)9(12)7-3-5-8(6-4-7)10(13)14;/h3-6,13-14H,1-2H3;1H. The van der Waals surface area contributed by atoms with Crippen LogP contribution in [0.3, 0.4) is 0 Å². The van der Waals surface area contributed by atoms with E-state index in [9.17, 15) is 4.79 Å². The molecule has 0 fully saturated rings. The molecule has 0 aromatic heterocycles. The SMILES string of the molecule is CN(C)C(=O)c1ccc(B(O)O)cc1.Cl. The van der Waals surface area contributed by atoms with Crippen LogP contribution in [0, 0.1) is 0 Å². The topological polar surface area (TPSA) is 60.8 Å². The van der Waals surface area contributed by atoms with E-state index in [0.717, 1.165) is 0 Å². The van der Waals surface area contributed by atoms with Crippen molar-refractivity contribution in [2.75, 3.05) is 14.1 Å². The van der Waals surface area contributed by atoms with Gasteiger partial charge in [0.2, 0.25) is 0 Å². The van der Waals surface area contributed by atoms with E-state index < -0.39 is 7.12 Å². The van der Waals surface area contributed by atoms with Crippen LogP contribution in [0.2, 0.25) is 0 Å². The summed E-state index contributed by atoms with van der Waals surface area (Å²) in [6, 6.07) is 6.16. The van der Waals surface area contributed by atoms with E-state index in [1.54, 1.807) is 26.2 Å². The van der Waals surface area contributed by atoms with Gasteiger partial charge in [-0.25, -0.2) is 0 Å². The first-order valence-corrected chi connectivity index (χ1v) is 4.20. The molecular weight excluding hydrogens is 216 g/mol. The van der Waals surface area contributed by atoms with Crippen molar-refractivity contribution in [2.24, 2.45) is 0 Å². The summed E-state index contributed by atoms with van der Waals surface area (Å²) in [7, 11) is 1.84. The van der Waals surface area contributed by atoms with Crippen molar-refractivity contribution in [1.29, 1.82) is 0 Å². The summed E-state index contributed by atoms with van der Waals surface area (Å²) in [5, 5.41) is 17.6. The van der Waals surface area contributed by atoms with E-state index in [1.807, 2.05) is 0 Å². The minimum absolute atomic E-state index is 0. The molecule has 0 spiro atoms. The fraction of sp³-hybridized carbons (Fsp3) is 0.222. The fourth-order valence-electron chi connectivity index (χ4n) is 1.06. The molecule has 0 aliphatic rings. The van der Waals surface area contributed by atoms with E-state index in [1.165, 1.54) is 17.0 Å². The lowest BCUT2D eigenvalue weighted by Crippen LogP contribution is -2.30. The second-order valence-electron chi connectivity index (χ2n) is 3.20. The minimum Gasteiger partial charge on any atom is -0.423 e. The van der Waals surface area contributed by atoms with Crippen molar-refractivity contribution in [3.8, 4) is 0 Å². The highest BCUT2D eigenvalue weighted by Crippen LogP contribution is 2.00. The average molecular weight is 229 g/mol. The Hall–Kier alpha value is -1.04. The van der Waals surface area contributed by atoms with Gasteiger partial charge in [0.25, 0.3) is 5.91 Å². The quantitative estimate of drug-likeness (QED) is 0.672. The summed E-state index contributed by atoms with van der Waals surface area (Å²) in [6.07, 6.45) is 0. The summed E-state index contributed by atoms with van der Waals surface area (Å²) in [5.74, 6) is -0.107. The Labute approximate surface area is 95.1 Å². The van der Waals surface area contributed by atoms with Crippen LogP contribution in [0.5, 0.6) is 0 Å². The molecule has 1 aromatic rings.